The van der Waals surface area contributed by atoms with E-state index in [2.05, 4.69) is 0 Å². The summed E-state index contributed by atoms with van der Waals surface area (Å²) in [6.07, 6.45) is 0. The van der Waals surface area contributed by atoms with E-state index >= 15 is 0 Å². The van der Waals surface area contributed by atoms with Gasteiger partial charge in [0.1, 0.15) is 22.7 Å². The molecule has 0 radical (unpaired) electrons. The third kappa shape index (κ3) is 4.38. The van der Waals surface area contributed by atoms with Gasteiger partial charge in [0, 0.05) is 10.9 Å². The van der Waals surface area contributed by atoms with Gasteiger partial charge >= 0.3 is 5.97 Å². The number of anilines is 1. The Morgan fingerprint density at radius 2 is 1.54 bits per heavy atom. The number of fused-ring (bicyclic) bond motifs is 1. The van der Waals surface area contributed by atoms with E-state index in [0.717, 1.165) is 9.87 Å². The number of furan rings is 1. The monoisotopic (exact) mass is 493 g/mol. The predicted molar refractivity (Wildman–Crippen MR) is 130 cm³/mol. The third-order valence-electron chi connectivity index (χ3n) is 5.55. The van der Waals surface area contributed by atoms with E-state index < -0.39 is 21.9 Å². The maximum atomic E-state index is 13.8. The van der Waals surface area contributed by atoms with Gasteiger partial charge in [-0.15, -0.1) is 0 Å². The van der Waals surface area contributed by atoms with Crippen LogP contribution in [0.1, 0.15) is 32.0 Å². The number of esters is 1. The van der Waals surface area contributed by atoms with Crippen molar-refractivity contribution in [2.24, 2.45) is 0 Å². The molecule has 1 aromatic heterocycles. The van der Waals surface area contributed by atoms with Gasteiger partial charge in [-0.2, -0.15) is 4.31 Å². The maximum Gasteiger partial charge on any atom is 0.342 e. The van der Waals surface area contributed by atoms with E-state index in [4.69, 9.17) is 13.9 Å². The molecular weight excluding hydrogens is 470 g/mol. The first-order valence-electron chi connectivity index (χ1n) is 10.6. The number of rotatable bonds is 6. The smallest absolute Gasteiger partial charge is 0.342 e. The largest absolute Gasteiger partial charge is 0.497 e. The highest BCUT2D eigenvalue weighted by molar-refractivity contribution is 7.93. The average Bonchev–Trinajstić information content (AvgIpc) is 3.19. The number of aryl methyl sites for hydroxylation is 2. The van der Waals surface area contributed by atoms with Crippen molar-refractivity contribution >= 4 is 38.6 Å². The number of benzene rings is 3. The fraction of sp³-hybridized carbons (Fsp3) is 0.154. The first-order valence-corrected chi connectivity index (χ1v) is 12.0. The Labute approximate surface area is 202 Å². The zero-order chi connectivity index (χ0) is 25.3. The molecule has 0 fully saturated rings. The van der Waals surface area contributed by atoms with Crippen molar-refractivity contribution in [3.8, 4) is 5.75 Å². The Morgan fingerprint density at radius 1 is 0.886 bits per heavy atom. The third-order valence-corrected chi connectivity index (χ3v) is 7.28. The first-order chi connectivity index (χ1) is 16.7. The lowest BCUT2D eigenvalue weighted by Gasteiger charge is -2.23. The molecular formula is C26H23NO7S. The van der Waals surface area contributed by atoms with Gasteiger partial charge in [0.05, 0.1) is 24.8 Å². The van der Waals surface area contributed by atoms with E-state index in [9.17, 15) is 18.0 Å². The number of methoxy groups -OCH3 is 2. The average molecular weight is 494 g/mol. The van der Waals surface area contributed by atoms with Crippen LogP contribution in [0.5, 0.6) is 5.75 Å². The molecule has 0 atom stereocenters. The molecule has 4 aromatic rings. The van der Waals surface area contributed by atoms with E-state index in [1.807, 2.05) is 6.92 Å². The molecule has 8 nitrogen and oxygen atoms in total. The van der Waals surface area contributed by atoms with E-state index in [-0.39, 0.29) is 21.7 Å². The minimum absolute atomic E-state index is 0.0462. The molecule has 0 saturated carbocycles. The number of carbonyl (C=O) groups is 2. The zero-order valence-electron chi connectivity index (χ0n) is 19.6. The minimum Gasteiger partial charge on any atom is -0.497 e. The normalized spacial score (nSPS) is 11.3. The highest BCUT2D eigenvalue weighted by Crippen LogP contribution is 2.33. The van der Waals surface area contributed by atoms with Crippen molar-refractivity contribution in [3.05, 3.63) is 89.2 Å². The number of nitrogens with zero attached hydrogens (tertiary/aromatic N) is 1. The summed E-state index contributed by atoms with van der Waals surface area (Å²) < 4.78 is 43.9. The van der Waals surface area contributed by atoms with Gasteiger partial charge in [-0.25, -0.2) is 13.2 Å². The summed E-state index contributed by atoms with van der Waals surface area (Å²) >= 11 is 0. The van der Waals surface area contributed by atoms with Crippen LogP contribution in [-0.2, 0) is 14.8 Å². The summed E-state index contributed by atoms with van der Waals surface area (Å²) in [6, 6.07) is 16.7. The molecule has 0 spiro atoms. The van der Waals surface area contributed by atoms with E-state index in [1.54, 1.807) is 31.2 Å². The molecule has 9 heteroatoms. The van der Waals surface area contributed by atoms with Crippen LogP contribution in [0.25, 0.3) is 11.0 Å². The molecule has 1 amide bonds. The van der Waals surface area contributed by atoms with Gasteiger partial charge in [-0.05, 0) is 68.4 Å². The van der Waals surface area contributed by atoms with E-state index in [1.165, 1.54) is 56.7 Å². The van der Waals surface area contributed by atoms with Crippen LogP contribution in [0.4, 0.5) is 5.69 Å². The van der Waals surface area contributed by atoms with Crippen molar-refractivity contribution < 1.29 is 31.9 Å². The molecule has 0 aliphatic rings. The van der Waals surface area contributed by atoms with Crippen LogP contribution in [-0.4, -0.2) is 34.5 Å². The minimum atomic E-state index is -4.36. The molecule has 4 rings (SSSR count). The highest BCUT2D eigenvalue weighted by atomic mass is 32.2. The Balaban J connectivity index is 1.93. The number of hydrogen-bond donors (Lipinski definition) is 0. The molecule has 1 heterocycles. The standard InChI is InChI=1S/C26H23NO7S/c1-16-5-7-18(8-6-16)25(28)27(35(30,31)21-12-10-20(32-3)11-13-21)19-9-14-23-22(15-19)24(17(2)34-23)26(29)33-4/h5-15H,1-4H3. The molecule has 180 valence electrons. The Bertz CT molecular complexity index is 1520. The molecule has 35 heavy (non-hydrogen) atoms. The number of amides is 1. The van der Waals surface area contributed by atoms with Crippen LogP contribution in [0.15, 0.2) is 76.0 Å². The summed E-state index contributed by atoms with van der Waals surface area (Å²) in [4.78, 5) is 25.9. The van der Waals surface area contributed by atoms with Crippen molar-refractivity contribution in [2.75, 3.05) is 18.5 Å². The van der Waals surface area contributed by atoms with Crippen LogP contribution in [0.3, 0.4) is 0 Å². The van der Waals surface area contributed by atoms with Crippen LogP contribution in [0, 0.1) is 13.8 Å². The number of ether oxygens (including phenoxy) is 2. The molecule has 0 aliphatic carbocycles. The molecule has 3 aromatic carbocycles. The van der Waals surface area contributed by atoms with Gasteiger partial charge in [0.15, 0.2) is 0 Å². The van der Waals surface area contributed by atoms with Crippen molar-refractivity contribution in [2.45, 2.75) is 18.7 Å². The Hall–Kier alpha value is -4.11. The lowest BCUT2D eigenvalue weighted by Crippen LogP contribution is -2.37. The number of hydrogen-bond acceptors (Lipinski definition) is 7. The van der Waals surface area contributed by atoms with Gasteiger partial charge in [0.25, 0.3) is 15.9 Å². The molecule has 0 aliphatic heterocycles. The number of sulfonamides is 1. The van der Waals surface area contributed by atoms with Crippen LogP contribution in [0.2, 0.25) is 0 Å². The SMILES string of the molecule is COC(=O)c1c(C)oc2ccc(N(C(=O)c3ccc(C)cc3)S(=O)(=O)c3ccc(OC)cc3)cc12. The fourth-order valence-electron chi connectivity index (χ4n) is 3.72. The molecule has 0 saturated heterocycles. The van der Waals surface area contributed by atoms with Gasteiger partial charge < -0.3 is 13.9 Å². The summed E-state index contributed by atoms with van der Waals surface area (Å²) in [5.41, 5.74) is 1.67. The quantitative estimate of drug-likeness (QED) is 0.353. The Kier molecular flexibility index (Phi) is 6.36. The zero-order valence-corrected chi connectivity index (χ0v) is 20.4. The van der Waals surface area contributed by atoms with Crippen molar-refractivity contribution in [1.29, 1.82) is 0 Å². The van der Waals surface area contributed by atoms with Crippen LogP contribution < -0.4 is 9.04 Å². The lowest BCUT2D eigenvalue weighted by molar-refractivity contribution is 0.0600. The summed E-state index contributed by atoms with van der Waals surface area (Å²) in [6.45, 7) is 3.47. The van der Waals surface area contributed by atoms with E-state index in [0.29, 0.717) is 22.5 Å². The Morgan fingerprint density at radius 3 is 2.14 bits per heavy atom. The van der Waals surface area contributed by atoms with Gasteiger partial charge in [-0.3, -0.25) is 4.79 Å². The fourth-order valence-corrected chi connectivity index (χ4v) is 5.13. The second-order valence-corrected chi connectivity index (χ2v) is 9.61. The summed E-state index contributed by atoms with van der Waals surface area (Å²) in [7, 11) is -1.64. The first kappa shape index (κ1) is 24.0. The van der Waals surface area contributed by atoms with Gasteiger partial charge in [0.2, 0.25) is 0 Å². The predicted octanol–water partition coefficient (Wildman–Crippen LogP) is 4.88. The number of carbonyl (C=O) groups excluding carboxylic acids is 2. The lowest BCUT2D eigenvalue weighted by atomic mass is 10.1. The second kappa shape index (κ2) is 9.27. The molecule has 0 bridgehead atoms. The highest BCUT2D eigenvalue weighted by Gasteiger charge is 2.33. The van der Waals surface area contributed by atoms with Crippen LogP contribution >= 0.6 is 0 Å². The molecule has 0 unspecified atom stereocenters. The van der Waals surface area contributed by atoms with Gasteiger partial charge in [-0.1, -0.05) is 17.7 Å². The summed E-state index contributed by atoms with van der Waals surface area (Å²) in [5, 5.41) is 0.332. The van der Waals surface area contributed by atoms with Crippen molar-refractivity contribution in [1.82, 2.24) is 0 Å². The van der Waals surface area contributed by atoms with Crippen molar-refractivity contribution in [3.63, 3.8) is 0 Å². The maximum absolute atomic E-state index is 13.8. The second-order valence-electron chi connectivity index (χ2n) is 7.82. The molecule has 0 N–H and O–H groups in total. The summed E-state index contributed by atoms with van der Waals surface area (Å²) in [5.74, 6) is -0.593. The topological polar surface area (TPSA) is 103 Å².